The Labute approximate surface area is 173 Å². The van der Waals surface area contributed by atoms with Gasteiger partial charge >= 0.3 is 5.97 Å². The van der Waals surface area contributed by atoms with Gasteiger partial charge in [0.05, 0.1) is 13.2 Å². The Hall–Kier alpha value is -1.43. The van der Waals surface area contributed by atoms with Crippen LogP contribution in [0.4, 0.5) is 0 Å². The van der Waals surface area contributed by atoms with Gasteiger partial charge in [0.2, 0.25) is 5.91 Å². The highest BCUT2D eigenvalue weighted by molar-refractivity contribution is 7.09. The number of thiazole rings is 1. The number of aromatic nitrogens is 1. The van der Waals surface area contributed by atoms with Gasteiger partial charge in [-0.05, 0) is 37.5 Å². The van der Waals surface area contributed by atoms with Crippen molar-refractivity contribution < 1.29 is 14.3 Å². The number of esters is 1. The predicted octanol–water partition coefficient (Wildman–Crippen LogP) is 5.44. The summed E-state index contributed by atoms with van der Waals surface area (Å²) in [6.07, 6.45) is 7.34. The summed E-state index contributed by atoms with van der Waals surface area (Å²) in [6.45, 7) is 11.5. The topological polar surface area (TPSA) is 59.5 Å². The van der Waals surface area contributed by atoms with Crippen molar-refractivity contribution in [3.05, 3.63) is 16.1 Å². The summed E-state index contributed by atoms with van der Waals surface area (Å²) in [5, 5.41) is 2.55. The fourth-order valence-electron chi connectivity index (χ4n) is 4.17. The van der Waals surface area contributed by atoms with E-state index in [4.69, 9.17) is 4.74 Å². The largest absolute Gasteiger partial charge is 0.461 e. The van der Waals surface area contributed by atoms with Crippen molar-refractivity contribution in [1.29, 1.82) is 0 Å². The van der Waals surface area contributed by atoms with Crippen LogP contribution in [0.1, 0.15) is 95.1 Å². The molecular weight excluding hydrogens is 372 g/mol. The molecule has 1 fully saturated rings. The molecule has 0 saturated heterocycles. The first-order chi connectivity index (χ1) is 13.2. The Bertz CT molecular complexity index is 644. The average Bonchev–Trinajstić information content (AvgIpc) is 3.07. The van der Waals surface area contributed by atoms with Crippen molar-refractivity contribution in [2.45, 2.75) is 92.2 Å². The number of nitrogens with zero attached hydrogens (tertiary/aromatic N) is 2. The van der Waals surface area contributed by atoms with Gasteiger partial charge in [0, 0.05) is 17.8 Å². The minimum Gasteiger partial charge on any atom is -0.461 e. The molecule has 158 valence electrons. The van der Waals surface area contributed by atoms with E-state index in [2.05, 4.69) is 32.7 Å². The third-order valence-electron chi connectivity index (χ3n) is 5.16. The number of carbonyl (C=O) groups excluding carboxylic acids is 2. The lowest BCUT2D eigenvalue weighted by Crippen LogP contribution is -2.41. The van der Waals surface area contributed by atoms with Crippen molar-refractivity contribution in [2.24, 2.45) is 11.3 Å². The molecule has 1 saturated carbocycles. The van der Waals surface area contributed by atoms with Crippen LogP contribution in [0.15, 0.2) is 5.38 Å². The number of hydrogen-bond donors (Lipinski definition) is 0. The maximum absolute atomic E-state index is 13.2. The fourth-order valence-corrected chi connectivity index (χ4v) is 4.94. The minimum atomic E-state index is -0.389. The maximum Gasteiger partial charge on any atom is 0.357 e. The molecule has 1 atom stereocenters. The second-order valence-corrected chi connectivity index (χ2v) is 10.2. The van der Waals surface area contributed by atoms with E-state index in [0.717, 1.165) is 24.3 Å². The SMILES string of the molecule is CCOC(=O)c1csc(CN(C(=O)C[C@H](C)CC(C)(C)C)C2CCCCC2)n1. The normalized spacial score (nSPS) is 16.6. The molecule has 28 heavy (non-hydrogen) atoms. The first kappa shape index (κ1) is 22.9. The quantitative estimate of drug-likeness (QED) is 0.537. The highest BCUT2D eigenvalue weighted by atomic mass is 32.1. The van der Waals surface area contributed by atoms with Crippen LogP contribution in [-0.4, -0.2) is 34.4 Å². The van der Waals surface area contributed by atoms with Crippen molar-refractivity contribution in [2.75, 3.05) is 6.61 Å². The smallest absolute Gasteiger partial charge is 0.357 e. The van der Waals surface area contributed by atoms with E-state index in [-0.39, 0.29) is 23.3 Å². The van der Waals surface area contributed by atoms with Gasteiger partial charge in [-0.15, -0.1) is 11.3 Å². The van der Waals surface area contributed by atoms with E-state index >= 15 is 0 Å². The van der Waals surface area contributed by atoms with Gasteiger partial charge in [0.25, 0.3) is 0 Å². The molecule has 5 nitrogen and oxygen atoms in total. The Morgan fingerprint density at radius 1 is 1.29 bits per heavy atom. The zero-order valence-corrected chi connectivity index (χ0v) is 18.9. The van der Waals surface area contributed by atoms with E-state index < -0.39 is 0 Å². The predicted molar refractivity (Wildman–Crippen MR) is 113 cm³/mol. The monoisotopic (exact) mass is 408 g/mol. The van der Waals surface area contributed by atoms with Gasteiger partial charge in [0.15, 0.2) is 5.69 Å². The molecule has 1 aromatic rings. The van der Waals surface area contributed by atoms with Gasteiger partial charge < -0.3 is 9.64 Å². The van der Waals surface area contributed by atoms with Crippen molar-refractivity contribution in [3.63, 3.8) is 0 Å². The molecule has 0 aromatic carbocycles. The Morgan fingerprint density at radius 3 is 2.57 bits per heavy atom. The summed E-state index contributed by atoms with van der Waals surface area (Å²) < 4.78 is 5.03. The molecule has 1 amide bonds. The van der Waals surface area contributed by atoms with Gasteiger partial charge in [-0.2, -0.15) is 0 Å². The van der Waals surface area contributed by atoms with Crippen LogP contribution in [0.25, 0.3) is 0 Å². The number of carbonyl (C=O) groups is 2. The number of ether oxygens (including phenoxy) is 1. The number of amides is 1. The van der Waals surface area contributed by atoms with E-state index in [1.165, 1.54) is 30.6 Å². The summed E-state index contributed by atoms with van der Waals surface area (Å²) in [4.78, 5) is 31.6. The Morgan fingerprint density at radius 2 is 1.96 bits per heavy atom. The molecule has 2 rings (SSSR count). The minimum absolute atomic E-state index is 0.219. The lowest BCUT2D eigenvalue weighted by Gasteiger charge is -2.35. The average molecular weight is 409 g/mol. The summed E-state index contributed by atoms with van der Waals surface area (Å²) in [5.74, 6) is 0.181. The van der Waals surface area contributed by atoms with Crippen LogP contribution in [0.2, 0.25) is 0 Å². The molecule has 6 heteroatoms. The first-order valence-electron chi connectivity index (χ1n) is 10.6. The zero-order chi connectivity index (χ0) is 20.7. The van der Waals surface area contributed by atoms with Crippen molar-refractivity contribution in [1.82, 2.24) is 9.88 Å². The molecule has 1 aromatic heterocycles. The van der Waals surface area contributed by atoms with Gasteiger partial charge in [-0.1, -0.05) is 47.0 Å². The summed E-state index contributed by atoms with van der Waals surface area (Å²) >= 11 is 1.44. The third kappa shape index (κ3) is 7.19. The fraction of sp³-hybridized carbons (Fsp3) is 0.773. The molecule has 0 N–H and O–H groups in total. The number of rotatable bonds is 8. The van der Waals surface area contributed by atoms with Crippen LogP contribution in [0.3, 0.4) is 0 Å². The molecule has 0 bridgehead atoms. The van der Waals surface area contributed by atoms with Gasteiger partial charge in [-0.25, -0.2) is 9.78 Å². The first-order valence-corrected chi connectivity index (χ1v) is 11.5. The van der Waals surface area contributed by atoms with Crippen molar-refractivity contribution in [3.8, 4) is 0 Å². The summed E-state index contributed by atoms with van der Waals surface area (Å²) in [6, 6.07) is 0.290. The molecule has 0 radical (unpaired) electrons. The standard InChI is InChI=1S/C22H36N2O3S/c1-6-27-21(26)18-15-28-19(23-18)14-24(17-10-8-7-9-11-17)20(25)12-16(2)13-22(3,4)5/h15-17H,6-14H2,1-5H3/t16-/m0/s1. The highest BCUT2D eigenvalue weighted by Crippen LogP contribution is 2.29. The van der Waals surface area contributed by atoms with E-state index in [1.807, 2.05) is 4.90 Å². The van der Waals surface area contributed by atoms with Gasteiger partial charge in [-0.3, -0.25) is 4.79 Å². The van der Waals surface area contributed by atoms with Crippen molar-refractivity contribution >= 4 is 23.2 Å². The number of hydrogen-bond acceptors (Lipinski definition) is 5. The highest BCUT2D eigenvalue weighted by Gasteiger charge is 2.28. The maximum atomic E-state index is 13.2. The van der Waals surface area contributed by atoms with Gasteiger partial charge in [0.1, 0.15) is 5.01 Å². The molecular formula is C22H36N2O3S. The zero-order valence-electron chi connectivity index (χ0n) is 18.1. The summed E-state index contributed by atoms with van der Waals surface area (Å²) in [5.41, 5.74) is 0.568. The Balaban J connectivity index is 2.09. The van der Waals surface area contributed by atoms with Crippen LogP contribution in [0, 0.1) is 11.3 Å². The lowest BCUT2D eigenvalue weighted by molar-refractivity contribution is -0.136. The molecule has 0 aliphatic heterocycles. The second-order valence-electron chi connectivity index (χ2n) is 9.23. The molecule has 1 heterocycles. The van der Waals surface area contributed by atoms with Crippen LogP contribution < -0.4 is 0 Å². The van der Waals surface area contributed by atoms with Crippen LogP contribution >= 0.6 is 11.3 Å². The lowest BCUT2D eigenvalue weighted by atomic mass is 9.84. The van der Waals surface area contributed by atoms with E-state index in [0.29, 0.717) is 31.2 Å². The molecule has 1 aliphatic rings. The van der Waals surface area contributed by atoms with Crippen LogP contribution in [0.5, 0.6) is 0 Å². The Kier molecular flexibility index (Phi) is 8.47. The molecule has 0 spiro atoms. The third-order valence-corrected chi connectivity index (χ3v) is 6.00. The van der Waals surface area contributed by atoms with E-state index in [1.54, 1.807) is 12.3 Å². The second kappa shape index (κ2) is 10.4. The van der Waals surface area contributed by atoms with E-state index in [9.17, 15) is 9.59 Å². The molecule has 0 unspecified atom stereocenters. The summed E-state index contributed by atoms with van der Waals surface area (Å²) in [7, 11) is 0. The molecule has 1 aliphatic carbocycles. The van der Waals surface area contributed by atoms with Crippen LogP contribution in [-0.2, 0) is 16.1 Å².